The van der Waals surface area contributed by atoms with Gasteiger partial charge in [0.2, 0.25) is 11.8 Å². The molecule has 8 nitrogen and oxygen atoms in total. The second-order valence-corrected chi connectivity index (χ2v) is 8.33. The first-order valence-electron chi connectivity index (χ1n) is 11.0. The zero-order valence-electron chi connectivity index (χ0n) is 18.2. The Morgan fingerprint density at radius 2 is 2.06 bits per heavy atom. The monoisotopic (exact) mass is 428 g/mol. The fourth-order valence-corrected chi connectivity index (χ4v) is 4.82. The molecule has 0 unspecified atom stereocenters. The minimum Gasteiger partial charge on any atom is -0.497 e. The van der Waals surface area contributed by atoms with E-state index in [0.29, 0.717) is 52.4 Å². The van der Waals surface area contributed by atoms with Gasteiger partial charge in [0.05, 0.1) is 38.8 Å². The smallest absolute Gasteiger partial charge is 0.236 e. The van der Waals surface area contributed by atoms with Gasteiger partial charge in [-0.2, -0.15) is 0 Å². The maximum atomic E-state index is 13.0. The van der Waals surface area contributed by atoms with Gasteiger partial charge in [-0.05, 0) is 18.1 Å². The molecule has 3 aliphatic rings. The van der Waals surface area contributed by atoms with E-state index in [-0.39, 0.29) is 23.8 Å². The Hall–Kier alpha value is -2.58. The molecule has 1 N–H and O–H groups in total. The number of hydrogen-bond donors (Lipinski definition) is 1. The lowest BCUT2D eigenvalue weighted by molar-refractivity contribution is -0.136. The van der Waals surface area contributed by atoms with Gasteiger partial charge in [-0.3, -0.25) is 14.5 Å². The first-order valence-corrected chi connectivity index (χ1v) is 11.0. The Kier molecular flexibility index (Phi) is 6.77. The summed E-state index contributed by atoms with van der Waals surface area (Å²) in [6.45, 7) is 9.29. The van der Waals surface area contributed by atoms with Crippen LogP contribution in [-0.2, 0) is 20.7 Å². The molecule has 0 bridgehead atoms. The van der Waals surface area contributed by atoms with E-state index in [2.05, 4.69) is 33.8 Å². The highest BCUT2D eigenvalue weighted by Gasteiger charge is 2.42. The Balaban J connectivity index is 1.52. The summed E-state index contributed by atoms with van der Waals surface area (Å²) in [4.78, 5) is 32.2. The number of nitrogens with one attached hydrogen (secondary N) is 1. The van der Waals surface area contributed by atoms with E-state index in [4.69, 9.17) is 9.47 Å². The van der Waals surface area contributed by atoms with E-state index in [9.17, 15) is 9.59 Å². The number of benzene rings is 1. The minimum atomic E-state index is -0.179. The van der Waals surface area contributed by atoms with Crippen molar-refractivity contribution in [3.63, 3.8) is 0 Å². The Morgan fingerprint density at radius 3 is 2.81 bits per heavy atom. The van der Waals surface area contributed by atoms with E-state index >= 15 is 0 Å². The standard InChI is InChI=1S/C23H32N4O4/c1-3-6-24-23(29)19-13-17-4-5-18(30-2)14-20(17)27-8-7-25(15-21(19)27)16-22(28)26-9-11-31-12-10-26/h3-5,14,19,21H,1,6-13,15-16H2,2H3,(H,24,29)/t19-,21-/m1/s1. The van der Waals surface area contributed by atoms with Gasteiger partial charge in [-0.25, -0.2) is 0 Å². The number of hydrogen-bond acceptors (Lipinski definition) is 6. The van der Waals surface area contributed by atoms with Crippen molar-refractivity contribution >= 4 is 17.5 Å². The summed E-state index contributed by atoms with van der Waals surface area (Å²) < 4.78 is 10.8. The van der Waals surface area contributed by atoms with Crippen LogP contribution in [-0.4, -0.2) is 93.8 Å². The number of anilines is 1. The van der Waals surface area contributed by atoms with Gasteiger partial charge in [-0.1, -0.05) is 12.1 Å². The molecule has 0 spiro atoms. The summed E-state index contributed by atoms with van der Waals surface area (Å²) >= 11 is 0. The largest absolute Gasteiger partial charge is 0.497 e. The van der Waals surface area contributed by atoms with Crippen LogP contribution in [0.4, 0.5) is 5.69 Å². The third kappa shape index (κ3) is 4.70. The van der Waals surface area contributed by atoms with Crippen molar-refractivity contribution in [2.45, 2.75) is 12.5 Å². The Morgan fingerprint density at radius 1 is 1.26 bits per heavy atom. The molecule has 0 aromatic heterocycles. The van der Waals surface area contributed by atoms with Gasteiger partial charge in [0, 0.05) is 51.0 Å². The van der Waals surface area contributed by atoms with Crippen LogP contribution in [0, 0.1) is 5.92 Å². The highest BCUT2D eigenvalue weighted by atomic mass is 16.5. The maximum absolute atomic E-state index is 13.0. The predicted octanol–water partition coefficient (Wildman–Crippen LogP) is 0.519. The van der Waals surface area contributed by atoms with Gasteiger partial charge < -0.3 is 24.6 Å². The maximum Gasteiger partial charge on any atom is 0.236 e. The number of carbonyl (C=O) groups excluding carboxylic acids is 2. The second kappa shape index (κ2) is 9.70. The number of fused-ring (bicyclic) bond motifs is 3. The topological polar surface area (TPSA) is 74.4 Å². The number of rotatable bonds is 6. The van der Waals surface area contributed by atoms with Crippen LogP contribution in [0.1, 0.15) is 5.56 Å². The van der Waals surface area contributed by atoms with E-state index in [1.807, 2.05) is 11.0 Å². The fraction of sp³-hybridized carbons (Fsp3) is 0.565. The highest BCUT2D eigenvalue weighted by Crippen LogP contribution is 2.38. The SMILES string of the molecule is C=CCNC(=O)[C@@H]1Cc2ccc(OC)cc2N2CCN(CC(=O)N3CCOCC3)C[C@H]12. The molecule has 2 amide bonds. The molecule has 3 heterocycles. The number of carbonyl (C=O) groups is 2. The van der Waals surface area contributed by atoms with Crippen molar-refractivity contribution in [3.05, 3.63) is 36.4 Å². The molecule has 3 aliphatic heterocycles. The average Bonchev–Trinajstić information content (AvgIpc) is 2.82. The second-order valence-electron chi connectivity index (χ2n) is 8.33. The van der Waals surface area contributed by atoms with Crippen LogP contribution in [0.5, 0.6) is 5.75 Å². The van der Waals surface area contributed by atoms with Crippen LogP contribution in [0.3, 0.4) is 0 Å². The van der Waals surface area contributed by atoms with Gasteiger partial charge in [0.1, 0.15) is 5.75 Å². The molecule has 4 rings (SSSR count). The fourth-order valence-electron chi connectivity index (χ4n) is 4.82. The molecule has 2 saturated heterocycles. The van der Waals surface area contributed by atoms with Crippen LogP contribution in [0.25, 0.3) is 0 Å². The molecule has 31 heavy (non-hydrogen) atoms. The lowest BCUT2D eigenvalue weighted by Crippen LogP contribution is -2.62. The molecule has 2 fully saturated rings. The predicted molar refractivity (Wildman–Crippen MR) is 118 cm³/mol. The van der Waals surface area contributed by atoms with E-state index in [0.717, 1.165) is 30.1 Å². The van der Waals surface area contributed by atoms with E-state index in [1.165, 1.54) is 0 Å². The molecule has 1 aromatic carbocycles. The van der Waals surface area contributed by atoms with Gasteiger partial charge in [0.25, 0.3) is 0 Å². The third-order valence-electron chi connectivity index (χ3n) is 6.49. The van der Waals surface area contributed by atoms with Crippen molar-refractivity contribution in [2.24, 2.45) is 5.92 Å². The van der Waals surface area contributed by atoms with E-state index < -0.39 is 0 Å². The summed E-state index contributed by atoms with van der Waals surface area (Å²) in [7, 11) is 1.67. The number of morpholine rings is 1. The van der Waals surface area contributed by atoms with E-state index in [1.54, 1.807) is 13.2 Å². The van der Waals surface area contributed by atoms with Crippen molar-refractivity contribution in [1.82, 2.24) is 15.1 Å². The Bertz CT molecular complexity index is 824. The molecule has 0 aliphatic carbocycles. The number of amides is 2. The minimum absolute atomic E-state index is 0.00987. The van der Waals surface area contributed by atoms with Crippen molar-refractivity contribution in [3.8, 4) is 5.75 Å². The van der Waals surface area contributed by atoms with Crippen LogP contribution in [0.15, 0.2) is 30.9 Å². The molecule has 8 heteroatoms. The van der Waals surface area contributed by atoms with Crippen molar-refractivity contribution in [1.29, 1.82) is 0 Å². The normalized spacial score (nSPS) is 23.5. The first kappa shape index (κ1) is 21.6. The van der Waals surface area contributed by atoms with Gasteiger partial charge >= 0.3 is 0 Å². The number of nitrogens with zero attached hydrogens (tertiary/aromatic N) is 3. The van der Waals surface area contributed by atoms with Crippen molar-refractivity contribution in [2.75, 3.05) is 71.0 Å². The zero-order chi connectivity index (χ0) is 21.8. The summed E-state index contributed by atoms with van der Waals surface area (Å²) in [6.07, 6.45) is 2.38. The summed E-state index contributed by atoms with van der Waals surface area (Å²) in [6, 6.07) is 6.09. The number of ether oxygens (including phenoxy) is 2. The zero-order valence-corrected chi connectivity index (χ0v) is 18.2. The third-order valence-corrected chi connectivity index (χ3v) is 6.49. The van der Waals surface area contributed by atoms with Crippen molar-refractivity contribution < 1.29 is 19.1 Å². The summed E-state index contributed by atoms with van der Waals surface area (Å²) in [5.41, 5.74) is 2.30. The van der Waals surface area contributed by atoms with Crippen LogP contribution < -0.4 is 15.0 Å². The van der Waals surface area contributed by atoms with Gasteiger partial charge in [0.15, 0.2) is 0 Å². The van der Waals surface area contributed by atoms with Crippen LogP contribution >= 0.6 is 0 Å². The highest BCUT2D eigenvalue weighted by molar-refractivity contribution is 5.82. The Labute approximate surface area is 183 Å². The molecule has 2 atom stereocenters. The van der Waals surface area contributed by atoms with Crippen LogP contribution in [0.2, 0.25) is 0 Å². The lowest BCUT2D eigenvalue weighted by Gasteiger charge is -2.49. The molecular weight excluding hydrogens is 396 g/mol. The quantitative estimate of drug-likeness (QED) is 0.666. The van der Waals surface area contributed by atoms with Gasteiger partial charge in [-0.15, -0.1) is 6.58 Å². The summed E-state index contributed by atoms with van der Waals surface area (Å²) in [5.74, 6) is 0.819. The first-order chi connectivity index (χ1) is 15.1. The molecular formula is C23H32N4O4. The molecule has 0 radical (unpaired) electrons. The molecule has 0 saturated carbocycles. The average molecular weight is 429 g/mol. The summed E-state index contributed by atoms with van der Waals surface area (Å²) in [5, 5.41) is 2.98. The lowest BCUT2D eigenvalue weighted by atomic mass is 9.83. The molecule has 1 aromatic rings. The number of methoxy groups -OCH3 is 1. The molecule has 168 valence electrons. The number of piperazine rings is 1.